The minimum atomic E-state index is -4.94. The van der Waals surface area contributed by atoms with E-state index in [0.717, 1.165) is 29.2 Å². The third kappa shape index (κ3) is 13.2. The smallest absolute Gasteiger partial charge is 0.509 e. The first-order valence-corrected chi connectivity index (χ1v) is 16.8. The lowest BCUT2D eigenvalue weighted by atomic mass is 9.99. The number of nitrogens with one attached hydrogen (secondary N) is 2. The monoisotopic (exact) mass is 924 g/mol. The van der Waals surface area contributed by atoms with Crippen LogP contribution in [0, 0.1) is 0 Å². The standard InChI is InChI=1S/C16H15Cl2F3N2O4.C13H10Cl2F3NO3.C3H6ClNO.ClH/c1-15(2)12(26-14(25)23(3)4)11(13(24)22-15)10-8(17)5-7(6-9(10)18)27-16(19,20)21;1-12(2)10(20)9(11(21)19-12)8-6(14)3-5(4-7(8)15)22-13(16,17)18;1-5(2)3(4)6;/h5-6H,1-4H3,(H,22,24);3-4,20H,1-2H3,(H,19,21);1-2H3;1H. The van der Waals surface area contributed by atoms with Crippen LogP contribution in [-0.2, 0) is 14.3 Å². The van der Waals surface area contributed by atoms with Crippen molar-refractivity contribution >= 4 is 105 Å². The van der Waals surface area contributed by atoms with Gasteiger partial charge in [0.1, 0.15) is 23.0 Å². The summed E-state index contributed by atoms with van der Waals surface area (Å²) in [7, 11) is 6.08. The van der Waals surface area contributed by atoms with E-state index in [1.165, 1.54) is 19.0 Å². The van der Waals surface area contributed by atoms with E-state index in [2.05, 4.69) is 20.1 Å². The molecular formula is C32H32Cl6F6N4O8. The van der Waals surface area contributed by atoms with E-state index >= 15 is 0 Å². The third-order valence-corrected chi connectivity index (χ3v) is 8.36. The lowest BCUT2D eigenvalue weighted by Gasteiger charge is -2.23. The highest BCUT2D eigenvalue weighted by Gasteiger charge is 2.44. The second-order valence-electron chi connectivity index (χ2n) is 12.6. The summed E-state index contributed by atoms with van der Waals surface area (Å²) in [5.74, 6) is -2.90. The van der Waals surface area contributed by atoms with E-state index in [9.17, 15) is 50.6 Å². The minimum Gasteiger partial charge on any atom is -0.509 e. The summed E-state index contributed by atoms with van der Waals surface area (Å²) >= 11 is 28.9. The van der Waals surface area contributed by atoms with Gasteiger partial charge in [-0.25, -0.2) is 4.79 Å². The van der Waals surface area contributed by atoms with E-state index in [-0.39, 0.29) is 66.3 Å². The summed E-state index contributed by atoms with van der Waals surface area (Å²) in [5, 5.41) is 13.7. The van der Waals surface area contributed by atoms with Crippen molar-refractivity contribution in [3.05, 3.63) is 67.0 Å². The topological polar surface area (TPSA) is 147 Å². The lowest BCUT2D eigenvalue weighted by molar-refractivity contribution is -0.275. The molecule has 0 bridgehead atoms. The van der Waals surface area contributed by atoms with Crippen molar-refractivity contribution in [3.8, 4) is 11.5 Å². The minimum absolute atomic E-state index is 0. The number of aliphatic hydroxyl groups excluding tert-OH is 1. The Bertz CT molecular complexity index is 1890. The molecule has 3 N–H and O–H groups in total. The number of carbonyl (C=O) groups is 4. The van der Waals surface area contributed by atoms with Crippen molar-refractivity contribution in [2.75, 3.05) is 28.2 Å². The number of amides is 4. The molecule has 2 aromatic carbocycles. The van der Waals surface area contributed by atoms with Crippen LogP contribution in [0.4, 0.5) is 35.9 Å². The predicted molar refractivity (Wildman–Crippen MR) is 200 cm³/mol. The molecule has 0 saturated heterocycles. The average molecular weight is 927 g/mol. The second-order valence-corrected chi connectivity index (χ2v) is 14.6. The zero-order valence-electron chi connectivity index (χ0n) is 30.1. The van der Waals surface area contributed by atoms with Crippen molar-refractivity contribution in [3.63, 3.8) is 0 Å². The van der Waals surface area contributed by atoms with Gasteiger partial charge in [-0.2, -0.15) is 0 Å². The van der Waals surface area contributed by atoms with Crippen LogP contribution in [-0.4, -0.2) is 90.2 Å². The van der Waals surface area contributed by atoms with Gasteiger partial charge < -0.3 is 39.8 Å². The number of alkyl halides is 6. The molecule has 0 aromatic heterocycles. The largest absolute Gasteiger partial charge is 0.573 e. The van der Waals surface area contributed by atoms with Gasteiger partial charge in [0, 0.05) is 39.3 Å². The molecule has 2 aromatic rings. The first-order valence-electron chi connectivity index (χ1n) is 14.9. The molecule has 0 radical (unpaired) electrons. The molecule has 0 spiro atoms. The maximum Gasteiger partial charge on any atom is 0.573 e. The molecule has 0 saturated carbocycles. The molecule has 4 amide bonds. The molecule has 2 aliphatic heterocycles. The van der Waals surface area contributed by atoms with E-state index in [4.69, 9.17) is 62.7 Å². The molecule has 56 heavy (non-hydrogen) atoms. The fourth-order valence-corrected chi connectivity index (χ4v) is 5.74. The van der Waals surface area contributed by atoms with Gasteiger partial charge in [-0.1, -0.05) is 46.4 Å². The lowest BCUT2D eigenvalue weighted by Crippen LogP contribution is -2.40. The van der Waals surface area contributed by atoms with Crippen molar-refractivity contribution in [2.24, 2.45) is 0 Å². The number of benzene rings is 2. The summed E-state index contributed by atoms with van der Waals surface area (Å²) in [4.78, 5) is 48.7. The van der Waals surface area contributed by atoms with Crippen LogP contribution in [0.15, 0.2) is 35.8 Å². The molecule has 0 aliphatic carbocycles. The Morgan fingerprint density at radius 3 is 1.29 bits per heavy atom. The van der Waals surface area contributed by atoms with Crippen LogP contribution in [0.1, 0.15) is 38.8 Å². The van der Waals surface area contributed by atoms with Crippen LogP contribution < -0.4 is 20.1 Å². The van der Waals surface area contributed by atoms with Crippen LogP contribution in [0.3, 0.4) is 0 Å². The van der Waals surface area contributed by atoms with E-state index in [1.54, 1.807) is 41.8 Å². The number of hydrogen-bond acceptors (Lipinski definition) is 8. The highest BCUT2D eigenvalue weighted by atomic mass is 35.5. The van der Waals surface area contributed by atoms with Crippen molar-refractivity contribution < 1.29 is 64.8 Å². The maximum absolute atomic E-state index is 12.5. The number of ether oxygens (including phenoxy) is 3. The molecular weight excluding hydrogens is 895 g/mol. The molecule has 2 aliphatic rings. The van der Waals surface area contributed by atoms with Crippen molar-refractivity contribution in [1.82, 2.24) is 20.4 Å². The Hall–Kier alpha value is -3.68. The zero-order chi connectivity index (χ0) is 42.8. The van der Waals surface area contributed by atoms with Crippen LogP contribution in [0.25, 0.3) is 11.1 Å². The molecule has 24 heteroatoms. The summed E-state index contributed by atoms with van der Waals surface area (Å²) in [5.41, 5.74) is -2.57. The molecule has 2 heterocycles. The fourth-order valence-electron chi connectivity index (χ4n) is 4.42. The quantitative estimate of drug-likeness (QED) is 0.153. The van der Waals surface area contributed by atoms with Crippen LogP contribution in [0.5, 0.6) is 11.5 Å². The van der Waals surface area contributed by atoms with Gasteiger partial charge >= 0.3 is 24.2 Å². The average Bonchev–Trinajstić information content (AvgIpc) is 3.31. The molecule has 0 atom stereocenters. The Morgan fingerprint density at radius 1 is 0.679 bits per heavy atom. The maximum atomic E-state index is 12.5. The Kier molecular flexibility index (Phi) is 16.8. The summed E-state index contributed by atoms with van der Waals surface area (Å²) in [6, 6.07) is 3.48. The number of hydrogen-bond donors (Lipinski definition) is 3. The molecule has 312 valence electrons. The van der Waals surface area contributed by atoms with Gasteiger partial charge in [0.05, 0.1) is 42.3 Å². The fraction of sp³-hybridized carbons (Fsp3) is 0.375. The number of carbonyl (C=O) groups excluding carboxylic acids is 4. The van der Waals surface area contributed by atoms with Crippen LogP contribution in [0.2, 0.25) is 20.1 Å². The summed E-state index contributed by atoms with van der Waals surface area (Å²) in [6.45, 7) is 6.27. The van der Waals surface area contributed by atoms with Crippen molar-refractivity contribution in [2.45, 2.75) is 51.5 Å². The van der Waals surface area contributed by atoms with Gasteiger partial charge in [0.25, 0.3) is 11.8 Å². The van der Waals surface area contributed by atoms with E-state index in [0.29, 0.717) is 0 Å². The number of halogens is 12. The van der Waals surface area contributed by atoms with E-state index < -0.39 is 58.6 Å². The third-order valence-electron chi connectivity index (χ3n) is 6.83. The number of nitrogens with zero attached hydrogens (tertiary/aromatic N) is 2. The van der Waals surface area contributed by atoms with Gasteiger partial charge in [-0.15, -0.1) is 38.7 Å². The Labute approximate surface area is 346 Å². The highest BCUT2D eigenvalue weighted by molar-refractivity contribution is 6.62. The first kappa shape index (κ1) is 50.3. The highest BCUT2D eigenvalue weighted by Crippen LogP contribution is 2.44. The SMILES string of the molecule is CC1(C)NC(=O)C(c2c(Cl)cc(OC(F)(F)F)cc2Cl)=C1O.CN(C)C(=O)Cl.CN(C)C(=O)OC1=C(c2c(Cl)cc(OC(F)(F)F)cc2Cl)C(=O)NC1(C)C.Cl. The summed E-state index contributed by atoms with van der Waals surface area (Å²) < 4.78 is 86.7. The van der Waals surface area contributed by atoms with Crippen LogP contribution >= 0.6 is 70.4 Å². The van der Waals surface area contributed by atoms with Gasteiger partial charge in [-0.05, 0) is 63.6 Å². The number of rotatable bonds is 5. The predicted octanol–water partition coefficient (Wildman–Crippen LogP) is 9.61. The Morgan fingerprint density at radius 2 is 1.00 bits per heavy atom. The molecule has 0 unspecified atom stereocenters. The summed E-state index contributed by atoms with van der Waals surface area (Å²) in [6.07, 6.45) is -10.6. The molecule has 12 nitrogen and oxygen atoms in total. The van der Waals surface area contributed by atoms with Crippen molar-refractivity contribution in [1.29, 1.82) is 0 Å². The van der Waals surface area contributed by atoms with E-state index in [1.807, 2.05) is 0 Å². The van der Waals surface area contributed by atoms with Gasteiger partial charge in [0.15, 0.2) is 0 Å². The van der Waals surface area contributed by atoms with Gasteiger partial charge in [-0.3, -0.25) is 14.4 Å². The molecule has 0 fully saturated rings. The number of aliphatic hydroxyl groups is 1. The van der Waals surface area contributed by atoms with Gasteiger partial charge in [0.2, 0.25) is 0 Å². The molecule has 4 rings (SSSR count). The first-order chi connectivity index (χ1) is 24.8. The normalized spacial score (nSPS) is 15.6. The Balaban J connectivity index is 0.000000488. The zero-order valence-corrected chi connectivity index (χ0v) is 34.7. The second kappa shape index (κ2) is 18.7.